The molecule has 2 atom stereocenters. The van der Waals surface area contributed by atoms with Crippen LogP contribution in [0.25, 0.3) is 0 Å². The van der Waals surface area contributed by atoms with E-state index >= 15 is 0 Å². The Hall–Kier alpha value is -0.195. The van der Waals surface area contributed by atoms with Gasteiger partial charge in [0, 0.05) is 24.9 Å². The average Bonchev–Trinajstić information content (AvgIpc) is 2.54. The van der Waals surface area contributed by atoms with E-state index in [-0.39, 0.29) is 0 Å². The van der Waals surface area contributed by atoms with E-state index in [4.69, 9.17) is 9.31 Å². The number of fused-ring (bicyclic) bond motifs is 1. The predicted molar refractivity (Wildman–Crippen MR) is 59.6 cm³/mol. The van der Waals surface area contributed by atoms with Crippen LogP contribution in [0.2, 0.25) is 0 Å². The van der Waals surface area contributed by atoms with E-state index in [1.165, 1.54) is 0 Å². The number of alkyl halides is 2. The topological polar surface area (TPSA) is 21.7 Å². The third kappa shape index (κ3) is 1.50. The molecule has 0 aromatic carbocycles. The van der Waals surface area contributed by atoms with Crippen molar-refractivity contribution in [2.75, 3.05) is 13.1 Å². The van der Waals surface area contributed by atoms with Gasteiger partial charge in [-0.1, -0.05) is 0 Å². The lowest BCUT2D eigenvalue weighted by molar-refractivity contribution is 0.00578. The highest BCUT2D eigenvalue weighted by molar-refractivity contribution is 6.42. The summed E-state index contributed by atoms with van der Waals surface area (Å²) < 4.78 is 37.9. The van der Waals surface area contributed by atoms with Crippen LogP contribution >= 0.6 is 0 Å². The molecule has 0 bridgehead atoms. The maximum atomic E-state index is 13.1. The van der Waals surface area contributed by atoms with Gasteiger partial charge in [-0.25, -0.2) is 8.78 Å². The highest BCUT2D eigenvalue weighted by Crippen LogP contribution is 2.59. The number of halogens is 2. The molecule has 96 valence electrons. The van der Waals surface area contributed by atoms with Gasteiger partial charge in [-0.2, -0.15) is 0 Å². The molecule has 0 radical (unpaired) electrons. The number of hydrogen-bond acceptors (Lipinski definition) is 3. The maximum absolute atomic E-state index is 13.1. The first kappa shape index (κ1) is 11.9. The molecule has 2 aliphatic heterocycles. The van der Waals surface area contributed by atoms with Gasteiger partial charge in [-0.3, -0.25) is 4.81 Å². The first-order chi connectivity index (χ1) is 7.65. The van der Waals surface area contributed by atoms with Crippen LogP contribution in [0.4, 0.5) is 8.78 Å². The van der Waals surface area contributed by atoms with E-state index in [0.29, 0.717) is 13.1 Å². The van der Waals surface area contributed by atoms with E-state index in [1.54, 1.807) is 0 Å². The Bertz CT molecular complexity index is 331. The van der Waals surface area contributed by atoms with Crippen LogP contribution in [0.15, 0.2) is 0 Å². The molecular formula is C11H18BF2NO2. The Labute approximate surface area is 101 Å². The van der Waals surface area contributed by atoms with E-state index in [1.807, 2.05) is 32.5 Å². The standard InChI is InChI=1S/C11H18BF2NO2/c1-9(2)10(3,4)17-12(16-9)15-5-7-8(6-15)11(7,13)14/h7-8H,5-6H2,1-4H3. The highest BCUT2D eigenvalue weighted by atomic mass is 19.3. The zero-order valence-corrected chi connectivity index (χ0v) is 10.7. The molecule has 3 nitrogen and oxygen atoms in total. The van der Waals surface area contributed by atoms with Crippen molar-refractivity contribution in [2.45, 2.75) is 44.8 Å². The van der Waals surface area contributed by atoms with Crippen molar-refractivity contribution in [1.29, 1.82) is 0 Å². The summed E-state index contributed by atoms with van der Waals surface area (Å²) in [5.41, 5.74) is -0.792. The molecule has 3 rings (SSSR count). The summed E-state index contributed by atoms with van der Waals surface area (Å²) in [7, 11) is -0.469. The fourth-order valence-electron chi connectivity index (χ4n) is 2.67. The summed E-state index contributed by atoms with van der Waals surface area (Å²) in [6.07, 6.45) is 0. The molecule has 1 aliphatic carbocycles. The fraction of sp³-hybridized carbons (Fsp3) is 1.00. The van der Waals surface area contributed by atoms with Gasteiger partial charge < -0.3 is 9.31 Å². The summed E-state index contributed by atoms with van der Waals surface area (Å²) in [5.74, 6) is -3.41. The van der Waals surface area contributed by atoms with Crippen LogP contribution in [-0.2, 0) is 9.31 Å². The summed E-state index contributed by atoms with van der Waals surface area (Å²) in [6, 6.07) is 0. The number of nitrogens with zero attached hydrogens (tertiary/aromatic N) is 1. The maximum Gasteiger partial charge on any atom is 0.558 e. The molecule has 3 fully saturated rings. The molecule has 2 saturated heterocycles. The molecule has 0 aromatic rings. The van der Waals surface area contributed by atoms with Gasteiger partial charge in [0.05, 0.1) is 11.2 Å². The van der Waals surface area contributed by atoms with Crippen molar-refractivity contribution >= 4 is 7.25 Å². The van der Waals surface area contributed by atoms with Crippen LogP contribution in [0.1, 0.15) is 27.7 Å². The summed E-state index contributed by atoms with van der Waals surface area (Å²) in [5, 5.41) is 0. The number of hydrogen-bond donors (Lipinski definition) is 0. The SMILES string of the molecule is CC1(C)OB(N2CC3C(C2)C3(F)F)OC1(C)C. The summed E-state index contributed by atoms with van der Waals surface area (Å²) in [6.45, 7) is 8.65. The Kier molecular flexibility index (Phi) is 2.12. The molecule has 1 saturated carbocycles. The molecule has 0 spiro atoms. The van der Waals surface area contributed by atoms with Crippen LogP contribution in [0.5, 0.6) is 0 Å². The first-order valence-electron chi connectivity index (χ1n) is 6.13. The number of rotatable bonds is 1. The average molecular weight is 245 g/mol. The van der Waals surface area contributed by atoms with E-state index in [0.717, 1.165) is 0 Å². The predicted octanol–water partition coefficient (Wildman–Crippen LogP) is 1.77. The van der Waals surface area contributed by atoms with Crippen LogP contribution in [0, 0.1) is 11.8 Å². The highest BCUT2D eigenvalue weighted by Gasteiger charge is 2.73. The zero-order chi connectivity index (χ0) is 12.6. The second-order valence-corrected chi connectivity index (χ2v) is 6.40. The van der Waals surface area contributed by atoms with Gasteiger partial charge in [0.2, 0.25) is 0 Å². The molecule has 0 aromatic heterocycles. The van der Waals surface area contributed by atoms with Gasteiger partial charge in [0.1, 0.15) is 0 Å². The lowest BCUT2D eigenvalue weighted by atomic mass is 9.90. The molecule has 17 heavy (non-hydrogen) atoms. The Morgan fingerprint density at radius 2 is 1.41 bits per heavy atom. The van der Waals surface area contributed by atoms with Crippen molar-refractivity contribution < 1.29 is 18.1 Å². The van der Waals surface area contributed by atoms with E-state index < -0.39 is 36.2 Å². The first-order valence-corrected chi connectivity index (χ1v) is 6.13. The van der Waals surface area contributed by atoms with Crippen LogP contribution < -0.4 is 0 Å². The monoisotopic (exact) mass is 245 g/mol. The second-order valence-electron chi connectivity index (χ2n) is 6.40. The minimum atomic E-state index is -2.44. The molecule has 2 unspecified atom stereocenters. The van der Waals surface area contributed by atoms with Crippen molar-refractivity contribution in [3.8, 4) is 0 Å². The van der Waals surface area contributed by atoms with Crippen LogP contribution in [0.3, 0.4) is 0 Å². The minimum absolute atomic E-state index is 0.383. The van der Waals surface area contributed by atoms with E-state index in [2.05, 4.69) is 0 Å². The lowest BCUT2D eigenvalue weighted by Crippen LogP contribution is -2.43. The van der Waals surface area contributed by atoms with Gasteiger partial charge in [0.15, 0.2) is 0 Å². The number of piperidine rings is 1. The quantitative estimate of drug-likeness (QED) is 0.657. The normalized spacial score (nSPS) is 41.6. The smallest absolute Gasteiger partial charge is 0.389 e. The van der Waals surface area contributed by atoms with Crippen molar-refractivity contribution in [3.63, 3.8) is 0 Å². The Balaban J connectivity index is 1.66. The van der Waals surface area contributed by atoms with Gasteiger partial charge in [0.25, 0.3) is 5.92 Å². The Morgan fingerprint density at radius 1 is 1.00 bits per heavy atom. The lowest BCUT2D eigenvalue weighted by Gasteiger charge is -2.32. The Morgan fingerprint density at radius 3 is 1.82 bits per heavy atom. The molecular weight excluding hydrogens is 227 g/mol. The molecule has 0 N–H and O–H groups in total. The van der Waals surface area contributed by atoms with E-state index in [9.17, 15) is 8.78 Å². The largest absolute Gasteiger partial charge is 0.558 e. The third-order valence-corrected chi connectivity index (χ3v) is 4.77. The molecule has 2 heterocycles. The molecule has 6 heteroatoms. The summed E-state index contributed by atoms with van der Waals surface area (Å²) in [4.78, 5) is 1.89. The van der Waals surface area contributed by atoms with Crippen molar-refractivity contribution in [2.24, 2.45) is 11.8 Å². The van der Waals surface area contributed by atoms with Crippen molar-refractivity contribution in [1.82, 2.24) is 4.81 Å². The van der Waals surface area contributed by atoms with Gasteiger partial charge >= 0.3 is 7.25 Å². The summed E-state index contributed by atoms with van der Waals surface area (Å²) >= 11 is 0. The van der Waals surface area contributed by atoms with Crippen molar-refractivity contribution in [3.05, 3.63) is 0 Å². The molecule has 3 aliphatic rings. The van der Waals surface area contributed by atoms with Gasteiger partial charge in [-0.15, -0.1) is 0 Å². The zero-order valence-electron chi connectivity index (χ0n) is 10.7. The fourth-order valence-corrected chi connectivity index (χ4v) is 2.67. The van der Waals surface area contributed by atoms with Crippen LogP contribution in [-0.4, -0.2) is 42.3 Å². The second kappa shape index (κ2) is 3.03. The third-order valence-electron chi connectivity index (χ3n) is 4.77. The minimum Gasteiger partial charge on any atom is -0.389 e. The molecule has 0 amide bonds. The van der Waals surface area contributed by atoms with Gasteiger partial charge in [-0.05, 0) is 27.7 Å².